The van der Waals surface area contributed by atoms with E-state index in [9.17, 15) is 9.59 Å². The maximum absolute atomic E-state index is 12.1. The Balaban J connectivity index is 1.67. The predicted octanol–water partition coefficient (Wildman–Crippen LogP) is 3.03. The number of nitrogens with one attached hydrogen (secondary N) is 3. The van der Waals surface area contributed by atoms with Gasteiger partial charge in [-0.25, -0.2) is 14.8 Å². The number of rotatable bonds is 10. The summed E-state index contributed by atoms with van der Waals surface area (Å²) in [7, 11) is 1.57. The molecule has 6 N–H and O–H groups in total. The minimum Gasteiger partial charge on any atom is -0.465 e. The summed E-state index contributed by atoms with van der Waals surface area (Å²) in [5.74, 6) is -0.364. The van der Waals surface area contributed by atoms with Crippen LogP contribution >= 0.6 is 0 Å². The Labute approximate surface area is 201 Å². The van der Waals surface area contributed by atoms with E-state index in [4.69, 9.17) is 15.6 Å². The Morgan fingerprint density at radius 1 is 1.14 bits per heavy atom. The Morgan fingerprint density at radius 2 is 1.89 bits per heavy atom. The van der Waals surface area contributed by atoms with Gasteiger partial charge in [0, 0.05) is 31.0 Å². The number of nitrogens with two attached hydrogens (primary N) is 1. The summed E-state index contributed by atoms with van der Waals surface area (Å²) in [4.78, 5) is 35.4. The van der Waals surface area contributed by atoms with Crippen molar-refractivity contribution in [3.05, 3.63) is 78.1 Å². The smallest absolute Gasteiger partial charge is 0.404 e. The number of carbonyl (C=O) groups is 2. The highest BCUT2D eigenvalue weighted by molar-refractivity contribution is 5.98. The number of primary amides is 1. The predicted molar refractivity (Wildman–Crippen MR) is 132 cm³/mol. The van der Waals surface area contributed by atoms with Crippen LogP contribution < -0.4 is 16.4 Å². The van der Waals surface area contributed by atoms with E-state index < -0.39 is 24.1 Å². The summed E-state index contributed by atoms with van der Waals surface area (Å²) in [6, 6.07) is 18.8. The molecular weight excluding hydrogens is 448 g/mol. The molecule has 0 spiro atoms. The lowest BCUT2D eigenvalue weighted by Crippen LogP contribution is -2.45. The lowest BCUT2D eigenvalue weighted by Gasteiger charge is -2.27. The highest BCUT2D eigenvalue weighted by Crippen LogP contribution is 2.26. The molecule has 2 heterocycles. The number of aromatic nitrogens is 3. The summed E-state index contributed by atoms with van der Waals surface area (Å²) in [6.45, 7) is 0.0572. The maximum atomic E-state index is 12.1. The molecule has 0 fully saturated rings. The Hall–Kier alpha value is -4.44. The zero-order chi connectivity index (χ0) is 24.8. The molecule has 0 aliphatic carbocycles. The topological polar surface area (TPSA) is 155 Å². The number of nitrogens with zero attached hydrogens (tertiary/aromatic N) is 2. The monoisotopic (exact) mass is 474 g/mol. The van der Waals surface area contributed by atoms with Crippen molar-refractivity contribution in [2.24, 2.45) is 5.73 Å². The van der Waals surface area contributed by atoms with Gasteiger partial charge < -0.3 is 31.2 Å². The fraction of sp³-hybridized carbons (Fsp3) is 0.200. The normalized spacial score (nSPS) is 12.7. The molecule has 0 bridgehead atoms. The number of aromatic amines is 1. The van der Waals surface area contributed by atoms with Crippen LogP contribution in [-0.2, 0) is 11.2 Å². The minimum atomic E-state index is -1.15. The van der Waals surface area contributed by atoms with Crippen LogP contribution in [0.25, 0.3) is 22.3 Å². The number of amides is 2. The molecule has 0 saturated heterocycles. The largest absolute Gasteiger partial charge is 0.465 e. The number of carbonyl (C=O) groups excluding carboxylic acids is 1. The van der Waals surface area contributed by atoms with Crippen molar-refractivity contribution in [2.75, 3.05) is 19.0 Å². The van der Waals surface area contributed by atoms with Gasteiger partial charge in [0.25, 0.3) is 5.91 Å². The third-order valence-corrected chi connectivity index (χ3v) is 5.63. The Morgan fingerprint density at radius 3 is 2.57 bits per heavy atom. The van der Waals surface area contributed by atoms with Crippen molar-refractivity contribution in [1.82, 2.24) is 20.3 Å². The second-order valence-electron chi connectivity index (χ2n) is 7.99. The standard InChI is InChI=1S/C25H26N6O4/c1-35-20(11-15-7-3-2-4-8-15)19(13-28-25(33)34)30-21-14-27-23(24(26)32)22(31-21)18-12-16-9-5-6-10-17(16)29-18/h2-10,12,14,19-20,28-29H,11,13H2,1H3,(H2,26,32)(H,30,31)(H,33,34). The summed E-state index contributed by atoms with van der Waals surface area (Å²) < 4.78 is 5.71. The van der Waals surface area contributed by atoms with E-state index in [1.54, 1.807) is 7.11 Å². The van der Waals surface area contributed by atoms with Gasteiger partial charge in [-0.15, -0.1) is 0 Å². The van der Waals surface area contributed by atoms with E-state index in [0.29, 0.717) is 23.6 Å². The number of hydrogen-bond donors (Lipinski definition) is 5. The van der Waals surface area contributed by atoms with E-state index in [2.05, 4.69) is 25.6 Å². The Kier molecular flexibility index (Phi) is 7.22. The highest BCUT2D eigenvalue weighted by Gasteiger charge is 2.24. The number of carboxylic acid groups (broad SMARTS) is 1. The quantitative estimate of drug-likeness (QED) is 0.237. The van der Waals surface area contributed by atoms with Crippen LogP contribution in [-0.4, -0.2) is 57.9 Å². The van der Waals surface area contributed by atoms with Crippen molar-refractivity contribution < 1.29 is 19.4 Å². The molecule has 10 heteroatoms. The number of hydrogen-bond acceptors (Lipinski definition) is 6. The zero-order valence-electron chi connectivity index (χ0n) is 19.1. The molecule has 2 aromatic carbocycles. The first kappa shape index (κ1) is 23.7. The molecule has 0 radical (unpaired) electrons. The maximum Gasteiger partial charge on any atom is 0.404 e. The van der Waals surface area contributed by atoms with Crippen molar-refractivity contribution in [3.63, 3.8) is 0 Å². The number of H-pyrrole nitrogens is 1. The van der Waals surface area contributed by atoms with Gasteiger partial charge in [-0.05, 0) is 17.7 Å². The second-order valence-corrected chi connectivity index (χ2v) is 7.99. The zero-order valence-corrected chi connectivity index (χ0v) is 19.1. The van der Waals surface area contributed by atoms with Crippen LogP contribution in [0.3, 0.4) is 0 Å². The number of benzene rings is 2. The van der Waals surface area contributed by atoms with E-state index in [1.807, 2.05) is 60.7 Å². The molecule has 2 amide bonds. The molecule has 2 atom stereocenters. The summed E-state index contributed by atoms with van der Waals surface area (Å²) in [6.07, 6.45) is 0.395. The minimum absolute atomic E-state index is 0.0231. The molecule has 2 unspecified atom stereocenters. The first-order valence-corrected chi connectivity index (χ1v) is 11.0. The van der Waals surface area contributed by atoms with Crippen LogP contribution in [0.4, 0.5) is 10.6 Å². The van der Waals surface area contributed by atoms with Gasteiger partial charge in [-0.2, -0.15) is 0 Å². The molecule has 35 heavy (non-hydrogen) atoms. The molecular formula is C25H26N6O4. The Bertz CT molecular complexity index is 1290. The van der Waals surface area contributed by atoms with Gasteiger partial charge in [0.15, 0.2) is 5.69 Å². The van der Waals surface area contributed by atoms with Gasteiger partial charge in [0.1, 0.15) is 11.5 Å². The third kappa shape index (κ3) is 5.74. The van der Waals surface area contributed by atoms with Crippen LogP contribution in [0, 0.1) is 0 Å². The van der Waals surface area contributed by atoms with E-state index in [0.717, 1.165) is 16.5 Å². The molecule has 10 nitrogen and oxygen atoms in total. The fourth-order valence-electron chi connectivity index (χ4n) is 3.93. The lowest BCUT2D eigenvalue weighted by atomic mass is 10.0. The van der Waals surface area contributed by atoms with Crippen LogP contribution in [0.2, 0.25) is 0 Å². The average Bonchev–Trinajstić information content (AvgIpc) is 3.30. The van der Waals surface area contributed by atoms with E-state index >= 15 is 0 Å². The first-order valence-electron chi connectivity index (χ1n) is 11.0. The van der Waals surface area contributed by atoms with E-state index in [-0.39, 0.29) is 12.2 Å². The van der Waals surface area contributed by atoms with Crippen LogP contribution in [0.15, 0.2) is 66.9 Å². The fourth-order valence-corrected chi connectivity index (χ4v) is 3.93. The number of methoxy groups -OCH3 is 1. The molecule has 2 aromatic heterocycles. The lowest BCUT2D eigenvalue weighted by molar-refractivity contribution is 0.0856. The van der Waals surface area contributed by atoms with Crippen LogP contribution in [0.5, 0.6) is 0 Å². The van der Waals surface area contributed by atoms with Gasteiger partial charge in [0.05, 0.1) is 24.0 Å². The molecule has 0 aliphatic heterocycles. The second kappa shape index (κ2) is 10.7. The van der Waals surface area contributed by atoms with Gasteiger partial charge >= 0.3 is 6.09 Å². The third-order valence-electron chi connectivity index (χ3n) is 5.63. The van der Waals surface area contributed by atoms with Crippen molar-refractivity contribution in [1.29, 1.82) is 0 Å². The van der Waals surface area contributed by atoms with Gasteiger partial charge in [0.2, 0.25) is 0 Å². The summed E-state index contributed by atoms with van der Waals surface area (Å²) in [5.41, 5.74) is 8.38. The van der Waals surface area contributed by atoms with E-state index in [1.165, 1.54) is 6.20 Å². The first-order chi connectivity index (χ1) is 16.9. The van der Waals surface area contributed by atoms with Gasteiger partial charge in [-0.3, -0.25) is 4.79 Å². The number of anilines is 1. The van der Waals surface area contributed by atoms with Crippen molar-refractivity contribution in [2.45, 2.75) is 18.6 Å². The number of fused-ring (bicyclic) bond motifs is 1. The number of para-hydroxylation sites is 1. The van der Waals surface area contributed by atoms with Gasteiger partial charge in [-0.1, -0.05) is 48.5 Å². The van der Waals surface area contributed by atoms with Crippen molar-refractivity contribution >= 4 is 28.7 Å². The highest BCUT2D eigenvalue weighted by atomic mass is 16.5. The SMILES string of the molecule is COC(Cc1ccccc1)C(CNC(=O)O)Nc1cnc(C(N)=O)c(-c2cc3ccccc3[nH]2)n1. The molecule has 0 saturated carbocycles. The molecule has 4 rings (SSSR count). The average molecular weight is 475 g/mol. The van der Waals surface area contributed by atoms with Crippen molar-refractivity contribution in [3.8, 4) is 11.4 Å². The number of ether oxygens (including phenoxy) is 1. The molecule has 4 aromatic rings. The molecule has 0 aliphatic rings. The van der Waals surface area contributed by atoms with Crippen LogP contribution in [0.1, 0.15) is 16.1 Å². The molecule has 180 valence electrons. The summed E-state index contributed by atoms with van der Waals surface area (Å²) in [5, 5.41) is 15.7. The summed E-state index contributed by atoms with van der Waals surface area (Å²) >= 11 is 0.